The zero-order chi connectivity index (χ0) is 11.8. The number of rotatable bonds is 7. The van der Waals surface area contributed by atoms with Gasteiger partial charge in [0.15, 0.2) is 0 Å². The number of hydrogen-bond donors (Lipinski definition) is 1. The molecule has 0 bridgehead atoms. The summed E-state index contributed by atoms with van der Waals surface area (Å²) in [5.41, 5.74) is 1.20. The largest absolute Gasteiger partial charge is 0.358 e. The second-order valence-electron chi connectivity index (χ2n) is 4.30. The number of carbonyl (C=O) groups excluding carboxylic acids is 1. The lowest BCUT2D eigenvalue weighted by molar-refractivity contribution is -0.109. The molecule has 1 N–H and O–H groups in total. The lowest BCUT2D eigenvalue weighted by Crippen LogP contribution is -2.34. The van der Waals surface area contributed by atoms with Gasteiger partial charge in [-0.1, -0.05) is 27.7 Å². The van der Waals surface area contributed by atoms with Crippen molar-refractivity contribution in [2.75, 3.05) is 13.6 Å². The van der Waals surface area contributed by atoms with Crippen LogP contribution in [0.2, 0.25) is 0 Å². The van der Waals surface area contributed by atoms with E-state index in [1.807, 2.05) is 7.05 Å². The third kappa shape index (κ3) is 4.45. The molecule has 0 aromatic heterocycles. The molecular formula is C12H24N2O. The maximum absolute atomic E-state index is 10.4. The Hall–Kier alpha value is -0.860. The summed E-state index contributed by atoms with van der Waals surface area (Å²) in [7, 11) is 1.83. The Morgan fingerprint density at radius 2 is 2.00 bits per heavy atom. The van der Waals surface area contributed by atoms with Crippen LogP contribution in [0.5, 0.6) is 0 Å². The van der Waals surface area contributed by atoms with Crippen LogP contribution >= 0.6 is 0 Å². The van der Waals surface area contributed by atoms with E-state index < -0.39 is 0 Å². The summed E-state index contributed by atoms with van der Waals surface area (Å²) in [6.07, 6.45) is 1.72. The van der Waals surface area contributed by atoms with Crippen LogP contribution in [0.3, 0.4) is 0 Å². The van der Waals surface area contributed by atoms with Crippen LogP contribution in [0.15, 0.2) is 4.99 Å². The lowest BCUT2D eigenvalue weighted by atomic mass is 9.81. The molecule has 88 valence electrons. The highest BCUT2D eigenvalue weighted by Gasteiger charge is 2.23. The predicted molar refractivity (Wildman–Crippen MR) is 65.2 cm³/mol. The molecule has 1 amide bonds. The lowest BCUT2D eigenvalue weighted by Gasteiger charge is -2.27. The Kier molecular flexibility index (Phi) is 7.01. The Labute approximate surface area is 93.4 Å². The minimum absolute atomic E-state index is 0.366. The molecule has 3 heteroatoms. The monoisotopic (exact) mass is 212 g/mol. The van der Waals surface area contributed by atoms with E-state index in [0.29, 0.717) is 24.3 Å². The number of hydrogen-bond acceptors (Lipinski definition) is 2. The first-order valence-electron chi connectivity index (χ1n) is 5.71. The number of aliphatic imine (C=N–C) groups is 1. The average molecular weight is 212 g/mol. The van der Waals surface area contributed by atoms with Gasteiger partial charge in [0.25, 0.3) is 0 Å². The molecule has 0 heterocycles. The average Bonchev–Trinajstić information content (AvgIpc) is 2.23. The van der Waals surface area contributed by atoms with E-state index >= 15 is 0 Å². The van der Waals surface area contributed by atoms with Crippen molar-refractivity contribution in [1.82, 2.24) is 5.32 Å². The van der Waals surface area contributed by atoms with E-state index in [4.69, 9.17) is 0 Å². The van der Waals surface area contributed by atoms with Crippen molar-refractivity contribution in [3.63, 3.8) is 0 Å². The van der Waals surface area contributed by atoms with Crippen molar-refractivity contribution in [3.8, 4) is 0 Å². The number of nitrogens with one attached hydrogen (secondary N) is 1. The molecule has 0 aliphatic rings. The van der Waals surface area contributed by atoms with Gasteiger partial charge in [0, 0.05) is 25.2 Å². The van der Waals surface area contributed by atoms with E-state index in [1.165, 1.54) is 5.71 Å². The summed E-state index contributed by atoms with van der Waals surface area (Å²) in [6.45, 7) is 9.46. The van der Waals surface area contributed by atoms with E-state index in [0.717, 1.165) is 12.8 Å². The molecule has 0 aliphatic carbocycles. The summed E-state index contributed by atoms with van der Waals surface area (Å²) in [5.74, 6) is 1.51. The fraction of sp³-hybridized carbons (Fsp3) is 0.833. The van der Waals surface area contributed by atoms with Gasteiger partial charge >= 0.3 is 0 Å². The third-order valence-electron chi connectivity index (χ3n) is 3.18. The molecule has 0 aromatic carbocycles. The molecule has 2 unspecified atom stereocenters. The summed E-state index contributed by atoms with van der Waals surface area (Å²) in [6, 6.07) is 0. The molecule has 0 rings (SSSR count). The second-order valence-corrected chi connectivity index (χ2v) is 4.30. The SMILES string of the molecule is CCC(=NC)C(CNC=O)C(C)C(C)C. The first-order chi connectivity index (χ1) is 7.08. The molecule has 0 saturated carbocycles. The smallest absolute Gasteiger partial charge is 0.207 e. The predicted octanol–water partition coefficient (Wildman–Crippen LogP) is 2.12. The second kappa shape index (κ2) is 7.43. The van der Waals surface area contributed by atoms with E-state index in [9.17, 15) is 4.79 Å². The highest BCUT2D eigenvalue weighted by atomic mass is 16.1. The van der Waals surface area contributed by atoms with Gasteiger partial charge in [-0.3, -0.25) is 9.79 Å². The summed E-state index contributed by atoms with van der Waals surface area (Å²) in [4.78, 5) is 14.7. The normalized spacial score (nSPS) is 16.3. The summed E-state index contributed by atoms with van der Waals surface area (Å²) in [5, 5.41) is 2.77. The first kappa shape index (κ1) is 14.1. The minimum Gasteiger partial charge on any atom is -0.358 e. The molecule has 15 heavy (non-hydrogen) atoms. The molecule has 0 aromatic rings. The Morgan fingerprint density at radius 1 is 1.40 bits per heavy atom. The van der Waals surface area contributed by atoms with Crippen LogP contribution in [-0.2, 0) is 4.79 Å². The quantitative estimate of drug-likeness (QED) is 0.510. The molecule has 0 aliphatic heterocycles. The standard InChI is InChI=1S/C12H24N2O/c1-6-12(13-5)11(7-14-8-15)10(4)9(2)3/h8-11H,6-7H2,1-5H3,(H,14,15). The van der Waals surface area contributed by atoms with E-state index in [-0.39, 0.29) is 0 Å². The fourth-order valence-electron chi connectivity index (χ4n) is 1.83. The molecule has 0 fully saturated rings. The van der Waals surface area contributed by atoms with Gasteiger partial charge in [-0.25, -0.2) is 0 Å². The van der Waals surface area contributed by atoms with Gasteiger partial charge < -0.3 is 5.32 Å². The molecule has 0 saturated heterocycles. The molecule has 3 nitrogen and oxygen atoms in total. The van der Waals surface area contributed by atoms with Crippen molar-refractivity contribution in [2.45, 2.75) is 34.1 Å². The van der Waals surface area contributed by atoms with Crippen molar-refractivity contribution in [3.05, 3.63) is 0 Å². The number of amides is 1. The molecule has 0 spiro atoms. The van der Waals surface area contributed by atoms with Crippen LogP contribution in [-0.4, -0.2) is 25.7 Å². The van der Waals surface area contributed by atoms with Crippen LogP contribution in [0.25, 0.3) is 0 Å². The van der Waals surface area contributed by atoms with Crippen LogP contribution < -0.4 is 5.32 Å². The minimum atomic E-state index is 0.366. The van der Waals surface area contributed by atoms with Crippen molar-refractivity contribution < 1.29 is 4.79 Å². The zero-order valence-corrected chi connectivity index (χ0v) is 10.6. The van der Waals surface area contributed by atoms with Crippen molar-refractivity contribution in [1.29, 1.82) is 0 Å². The number of carbonyl (C=O) groups is 1. The molecule has 2 atom stereocenters. The topological polar surface area (TPSA) is 41.5 Å². The third-order valence-corrected chi connectivity index (χ3v) is 3.18. The van der Waals surface area contributed by atoms with E-state index in [1.54, 1.807) is 0 Å². The highest BCUT2D eigenvalue weighted by molar-refractivity contribution is 5.87. The van der Waals surface area contributed by atoms with Gasteiger partial charge in [0.1, 0.15) is 0 Å². The summed E-state index contributed by atoms with van der Waals surface area (Å²) < 4.78 is 0. The van der Waals surface area contributed by atoms with Crippen molar-refractivity contribution in [2.24, 2.45) is 22.7 Å². The van der Waals surface area contributed by atoms with Gasteiger partial charge in [0.05, 0.1) is 0 Å². The maximum atomic E-state index is 10.4. The maximum Gasteiger partial charge on any atom is 0.207 e. The Bertz CT molecular complexity index is 212. The van der Waals surface area contributed by atoms with Crippen LogP contribution in [0.4, 0.5) is 0 Å². The van der Waals surface area contributed by atoms with Crippen LogP contribution in [0.1, 0.15) is 34.1 Å². The van der Waals surface area contributed by atoms with Crippen LogP contribution in [0, 0.1) is 17.8 Å². The van der Waals surface area contributed by atoms with Crippen molar-refractivity contribution >= 4 is 12.1 Å². The zero-order valence-electron chi connectivity index (χ0n) is 10.6. The fourth-order valence-corrected chi connectivity index (χ4v) is 1.83. The van der Waals surface area contributed by atoms with Gasteiger partial charge in [-0.2, -0.15) is 0 Å². The number of nitrogens with zero attached hydrogens (tertiary/aromatic N) is 1. The summed E-state index contributed by atoms with van der Waals surface area (Å²) >= 11 is 0. The molecule has 0 radical (unpaired) electrons. The molecular weight excluding hydrogens is 188 g/mol. The van der Waals surface area contributed by atoms with Gasteiger partial charge in [-0.15, -0.1) is 0 Å². The van der Waals surface area contributed by atoms with Gasteiger partial charge in [-0.05, 0) is 18.3 Å². The first-order valence-corrected chi connectivity index (χ1v) is 5.71. The Balaban J connectivity index is 4.62. The van der Waals surface area contributed by atoms with Gasteiger partial charge in [0.2, 0.25) is 6.41 Å². The van der Waals surface area contributed by atoms with E-state index in [2.05, 4.69) is 38.0 Å². The Morgan fingerprint density at radius 3 is 2.33 bits per heavy atom. The highest BCUT2D eigenvalue weighted by Crippen LogP contribution is 2.22.